The average Bonchev–Trinajstić information content (AvgIpc) is 2.75. The smallest absolute Gasteiger partial charge is 0.255 e. The lowest BCUT2D eigenvalue weighted by atomic mass is 10.2. The van der Waals surface area contributed by atoms with Crippen LogP contribution in [0.4, 0.5) is 0 Å². The van der Waals surface area contributed by atoms with Crippen LogP contribution in [-0.2, 0) is 4.74 Å². The van der Waals surface area contributed by atoms with Crippen LogP contribution >= 0.6 is 0 Å². The molecule has 0 bridgehead atoms. The van der Waals surface area contributed by atoms with Gasteiger partial charge in [-0.05, 0) is 26.3 Å². The lowest BCUT2D eigenvalue weighted by Crippen LogP contribution is -2.08. The molecular weight excluding hydrogens is 210 g/mol. The number of ether oxygens (including phenoxy) is 1. The molecule has 0 fully saturated rings. The summed E-state index contributed by atoms with van der Waals surface area (Å²) in [6, 6.07) is 0. The Morgan fingerprint density at radius 1 is 1.50 bits per heavy atom. The van der Waals surface area contributed by atoms with Crippen LogP contribution in [0, 0.1) is 0 Å². The van der Waals surface area contributed by atoms with Crippen molar-refractivity contribution < 1.29 is 14.4 Å². The van der Waals surface area contributed by atoms with E-state index in [1.807, 2.05) is 13.8 Å². The zero-order valence-electron chi connectivity index (χ0n) is 9.72. The average molecular weight is 229 g/mol. The van der Waals surface area contributed by atoms with Gasteiger partial charge in [0.05, 0.1) is 0 Å². The van der Waals surface area contributed by atoms with E-state index in [0.29, 0.717) is 25.4 Å². The van der Waals surface area contributed by atoms with Crippen LogP contribution in [0.25, 0.3) is 0 Å². The molecule has 1 unspecified atom stereocenters. The second kappa shape index (κ2) is 6.57. The number of rotatable bonds is 7. The van der Waals surface area contributed by atoms with Gasteiger partial charge >= 0.3 is 0 Å². The molecule has 0 aromatic carbocycles. The molecule has 0 aliphatic heterocycles. The SMILES string of the molecule is CCOC(CC)c1noc([C@@H](O)CCN)n1. The lowest BCUT2D eigenvalue weighted by Gasteiger charge is -2.09. The summed E-state index contributed by atoms with van der Waals surface area (Å²) in [5.41, 5.74) is 5.33. The van der Waals surface area contributed by atoms with E-state index in [1.54, 1.807) is 0 Å². The molecule has 0 aliphatic carbocycles. The van der Waals surface area contributed by atoms with Crippen LogP contribution in [-0.4, -0.2) is 28.4 Å². The molecule has 0 saturated carbocycles. The summed E-state index contributed by atoms with van der Waals surface area (Å²) in [6.45, 7) is 4.86. The predicted octanol–water partition coefficient (Wildman–Crippen LogP) is 0.939. The molecule has 0 aliphatic rings. The van der Waals surface area contributed by atoms with Gasteiger partial charge in [-0.25, -0.2) is 0 Å². The minimum atomic E-state index is -0.787. The standard InChI is InChI=1S/C10H19N3O3/c1-3-8(15-4-2)9-12-10(16-13-9)7(14)5-6-11/h7-8,14H,3-6,11H2,1-2H3/t7-,8?/m0/s1. The van der Waals surface area contributed by atoms with E-state index < -0.39 is 6.10 Å². The van der Waals surface area contributed by atoms with Gasteiger partial charge in [0.15, 0.2) is 0 Å². The number of hydrogen-bond donors (Lipinski definition) is 2. The van der Waals surface area contributed by atoms with Gasteiger partial charge in [-0.2, -0.15) is 4.98 Å². The third kappa shape index (κ3) is 3.26. The summed E-state index contributed by atoms with van der Waals surface area (Å²) < 4.78 is 10.4. The van der Waals surface area contributed by atoms with Gasteiger partial charge < -0.3 is 20.1 Å². The summed E-state index contributed by atoms with van der Waals surface area (Å²) in [5, 5.41) is 13.4. The molecule has 1 heterocycles. The van der Waals surface area contributed by atoms with Crippen molar-refractivity contribution in [3.63, 3.8) is 0 Å². The highest BCUT2D eigenvalue weighted by Crippen LogP contribution is 2.20. The fraction of sp³-hybridized carbons (Fsp3) is 0.800. The third-order valence-corrected chi connectivity index (χ3v) is 2.21. The number of hydrogen-bond acceptors (Lipinski definition) is 6. The molecule has 3 N–H and O–H groups in total. The van der Waals surface area contributed by atoms with E-state index >= 15 is 0 Å². The van der Waals surface area contributed by atoms with Gasteiger partial charge in [0, 0.05) is 6.61 Å². The van der Waals surface area contributed by atoms with Crippen molar-refractivity contribution in [2.45, 2.75) is 38.9 Å². The molecule has 1 aromatic heterocycles. The molecule has 2 atom stereocenters. The second-order valence-electron chi connectivity index (χ2n) is 3.44. The van der Waals surface area contributed by atoms with E-state index in [-0.39, 0.29) is 12.0 Å². The number of nitrogens with zero attached hydrogens (tertiary/aromatic N) is 2. The maximum Gasteiger partial charge on any atom is 0.255 e. The fourth-order valence-electron chi connectivity index (χ4n) is 1.37. The Morgan fingerprint density at radius 2 is 2.25 bits per heavy atom. The Labute approximate surface area is 94.8 Å². The van der Waals surface area contributed by atoms with Gasteiger partial charge in [0.1, 0.15) is 12.2 Å². The first kappa shape index (κ1) is 13.1. The van der Waals surface area contributed by atoms with Crippen molar-refractivity contribution in [3.05, 3.63) is 11.7 Å². The largest absolute Gasteiger partial charge is 0.383 e. The first-order chi connectivity index (χ1) is 7.72. The number of aromatic nitrogens is 2. The Hall–Kier alpha value is -0.980. The van der Waals surface area contributed by atoms with Crippen molar-refractivity contribution in [2.75, 3.05) is 13.2 Å². The van der Waals surface area contributed by atoms with Crippen molar-refractivity contribution >= 4 is 0 Å². The van der Waals surface area contributed by atoms with Gasteiger partial charge in [-0.3, -0.25) is 0 Å². The second-order valence-corrected chi connectivity index (χ2v) is 3.44. The normalized spacial score (nSPS) is 15.0. The Morgan fingerprint density at radius 3 is 2.81 bits per heavy atom. The molecule has 0 radical (unpaired) electrons. The van der Waals surface area contributed by atoms with Gasteiger partial charge in [0.25, 0.3) is 5.89 Å². The van der Waals surface area contributed by atoms with E-state index in [0.717, 1.165) is 6.42 Å². The topological polar surface area (TPSA) is 94.4 Å². The monoisotopic (exact) mass is 229 g/mol. The van der Waals surface area contributed by atoms with Crippen LogP contribution in [0.1, 0.15) is 50.6 Å². The molecule has 92 valence electrons. The Kier molecular flexibility index (Phi) is 5.37. The maximum absolute atomic E-state index is 9.60. The Balaban J connectivity index is 2.68. The van der Waals surface area contributed by atoms with Gasteiger partial charge in [0.2, 0.25) is 5.82 Å². The van der Waals surface area contributed by atoms with Crippen LogP contribution in [0.3, 0.4) is 0 Å². The quantitative estimate of drug-likeness (QED) is 0.722. The van der Waals surface area contributed by atoms with E-state index in [1.165, 1.54) is 0 Å². The third-order valence-electron chi connectivity index (χ3n) is 2.21. The van der Waals surface area contributed by atoms with Crippen molar-refractivity contribution in [3.8, 4) is 0 Å². The van der Waals surface area contributed by atoms with Crippen LogP contribution < -0.4 is 5.73 Å². The highest BCUT2D eigenvalue weighted by Gasteiger charge is 2.20. The highest BCUT2D eigenvalue weighted by atomic mass is 16.5. The summed E-state index contributed by atoms with van der Waals surface area (Å²) in [7, 11) is 0. The van der Waals surface area contributed by atoms with E-state index in [9.17, 15) is 5.11 Å². The van der Waals surface area contributed by atoms with Gasteiger partial charge in [-0.1, -0.05) is 12.1 Å². The summed E-state index contributed by atoms with van der Waals surface area (Å²) in [5.74, 6) is 0.689. The van der Waals surface area contributed by atoms with E-state index in [4.69, 9.17) is 15.0 Å². The predicted molar refractivity (Wildman–Crippen MR) is 57.6 cm³/mol. The molecule has 6 heteroatoms. The van der Waals surface area contributed by atoms with E-state index in [2.05, 4.69) is 10.1 Å². The van der Waals surface area contributed by atoms with Crippen LogP contribution in [0.2, 0.25) is 0 Å². The minimum Gasteiger partial charge on any atom is -0.383 e. The molecular formula is C10H19N3O3. The molecule has 0 saturated heterocycles. The van der Waals surface area contributed by atoms with Crippen LogP contribution in [0.15, 0.2) is 4.52 Å². The molecule has 1 aromatic rings. The summed E-state index contributed by atoms with van der Waals surface area (Å²) in [4.78, 5) is 4.11. The fourth-order valence-corrected chi connectivity index (χ4v) is 1.37. The number of aliphatic hydroxyl groups is 1. The molecule has 16 heavy (non-hydrogen) atoms. The molecule has 6 nitrogen and oxygen atoms in total. The van der Waals surface area contributed by atoms with Crippen molar-refractivity contribution in [2.24, 2.45) is 5.73 Å². The molecule has 0 amide bonds. The summed E-state index contributed by atoms with van der Waals surface area (Å²) in [6.07, 6.45) is 0.213. The lowest BCUT2D eigenvalue weighted by molar-refractivity contribution is 0.0518. The zero-order chi connectivity index (χ0) is 12.0. The number of aliphatic hydroxyl groups excluding tert-OH is 1. The van der Waals surface area contributed by atoms with Crippen molar-refractivity contribution in [1.29, 1.82) is 0 Å². The highest BCUT2D eigenvalue weighted by molar-refractivity contribution is 4.93. The van der Waals surface area contributed by atoms with Crippen molar-refractivity contribution in [1.82, 2.24) is 10.1 Å². The minimum absolute atomic E-state index is 0.174. The first-order valence-corrected chi connectivity index (χ1v) is 5.56. The molecule has 1 rings (SSSR count). The summed E-state index contributed by atoms with van der Waals surface area (Å²) >= 11 is 0. The van der Waals surface area contributed by atoms with Gasteiger partial charge in [-0.15, -0.1) is 0 Å². The molecule has 0 spiro atoms. The number of nitrogens with two attached hydrogens (primary N) is 1. The van der Waals surface area contributed by atoms with Crippen LogP contribution in [0.5, 0.6) is 0 Å². The zero-order valence-corrected chi connectivity index (χ0v) is 9.72. The first-order valence-electron chi connectivity index (χ1n) is 5.56. The maximum atomic E-state index is 9.60. The Bertz CT molecular complexity index is 303.